The van der Waals surface area contributed by atoms with Crippen LogP contribution in [-0.2, 0) is 10.8 Å². The third-order valence-electron chi connectivity index (χ3n) is 11.5. The van der Waals surface area contributed by atoms with Gasteiger partial charge < -0.3 is 4.90 Å². The second kappa shape index (κ2) is 11.2. The smallest absolute Gasteiger partial charge is 0.0714 e. The fraction of sp³-hybridized carbons (Fsp3) is 0.0800. The standard InChI is InChI=1S/C50H37N/c1-49(2)43-28-16-15-27-42(43)47-46(32-34-18-12-13-25-39(34)48(47)49)51(37-23-10-5-11-24-37)38-30-31-41-40-26-14-17-29-44(40)50(45(41)33-38,35-19-6-3-7-20-35)36-21-8-4-9-22-36/h3-33H,1-2H3. The zero-order chi connectivity index (χ0) is 34.2. The van der Waals surface area contributed by atoms with Crippen LogP contribution in [0.25, 0.3) is 33.0 Å². The third kappa shape index (κ3) is 4.15. The molecule has 10 rings (SSSR count). The molecule has 1 heteroatoms. The molecule has 2 aliphatic rings. The summed E-state index contributed by atoms with van der Waals surface area (Å²) in [5, 5.41) is 2.58. The van der Waals surface area contributed by atoms with Crippen LogP contribution in [0.1, 0.15) is 47.2 Å². The zero-order valence-electron chi connectivity index (χ0n) is 28.8. The summed E-state index contributed by atoms with van der Waals surface area (Å²) < 4.78 is 0. The predicted octanol–water partition coefficient (Wildman–Crippen LogP) is 13.0. The van der Waals surface area contributed by atoms with E-state index in [-0.39, 0.29) is 5.41 Å². The number of para-hydroxylation sites is 1. The maximum absolute atomic E-state index is 2.51. The first-order valence-electron chi connectivity index (χ1n) is 18.0. The Kier molecular flexibility index (Phi) is 6.51. The first kappa shape index (κ1) is 29.7. The van der Waals surface area contributed by atoms with Crippen molar-refractivity contribution in [2.75, 3.05) is 4.90 Å². The number of rotatable bonds is 5. The van der Waals surface area contributed by atoms with E-state index >= 15 is 0 Å². The van der Waals surface area contributed by atoms with Crippen molar-refractivity contribution in [3.63, 3.8) is 0 Å². The van der Waals surface area contributed by atoms with Crippen LogP contribution in [0.2, 0.25) is 0 Å². The van der Waals surface area contributed by atoms with E-state index in [9.17, 15) is 0 Å². The van der Waals surface area contributed by atoms with Gasteiger partial charge in [-0.15, -0.1) is 0 Å². The fourth-order valence-electron chi connectivity index (χ4n) is 9.39. The van der Waals surface area contributed by atoms with E-state index in [1.165, 1.54) is 72.1 Å². The molecule has 0 unspecified atom stereocenters. The monoisotopic (exact) mass is 651 g/mol. The number of benzene rings is 8. The van der Waals surface area contributed by atoms with E-state index in [0.717, 1.165) is 11.4 Å². The highest BCUT2D eigenvalue weighted by atomic mass is 15.1. The minimum atomic E-state index is -0.479. The summed E-state index contributed by atoms with van der Waals surface area (Å²) in [6, 6.07) is 69.6. The Bertz CT molecular complexity index is 2560. The van der Waals surface area contributed by atoms with Gasteiger partial charge in [0.25, 0.3) is 0 Å². The molecule has 0 heterocycles. The van der Waals surface area contributed by atoms with Crippen molar-refractivity contribution >= 4 is 27.8 Å². The average molecular weight is 652 g/mol. The van der Waals surface area contributed by atoms with Crippen molar-refractivity contribution < 1.29 is 0 Å². The summed E-state index contributed by atoms with van der Waals surface area (Å²) in [5.41, 5.74) is 16.0. The Hall–Kier alpha value is -6.18. The summed E-state index contributed by atoms with van der Waals surface area (Å²) in [6.07, 6.45) is 0. The Balaban J connectivity index is 1.31. The fourth-order valence-corrected chi connectivity index (χ4v) is 9.39. The Labute approximate surface area is 300 Å². The topological polar surface area (TPSA) is 3.24 Å². The number of fused-ring (bicyclic) bond motifs is 8. The van der Waals surface area contributed by atoms with Gasteiger partial charge in [-0.05, 0) is 91.2 Å². The van der Waals surface area contributed by atoms with Gasteiger partial charge in [0.05, 0.1) is 11.1 Å². The molecule has 0 aliphatic heterocycles. The molecule has 0 atom stereocenters. The summed E-state index contributed by atoms with van der Waals surface area (Å²) in [5.74, 6) is 0. The van der Waals surface area contributed by atoms with Crippen molar-refractivity contribution in [3.8, 4) is 22.3 Å². The lowest BCUT2D eigenvalue weighted by atomic mass is 9.67. The van der Waals surface area contributed by atoms with Crippen LogP contribution < -0.4 is 4.90 Å². The highest BCUT2D eigenvalue weighted by molar-refractivity contribution is 6.06. The summed E-state index contributed by atoms with van der Waals surface area (Å²) in [4.78, 5) is 2.51. The molecule has 0 fully saturated rings. The summed E-state index contributed by atoms with van der Waals surface area (Å²) >= 11 is 0. The van der Waals surface area contributed by atoms with Gasteiger partial charge in [-0.1, -0.05) is 172 Å². The molecular formula is C50H37N. The molecule has 0 amide bonds. The van der Waals surface area contributed by atoms with Gasteiger partial charge in [0.2, 0.25) is 0 Å². The maximum atomic E-state index is 2.51. The molecule has 0 saturated heterocycles. The SMILES string of the molecule is CC1(C)c2ccccc2-c2c(N(c3ccccc3)c3ccc4c(c3)C(c3ccccc3)(c3ccccc3)c3ccccc3-4)cc3ccccc3c21. The van der Waals surface area contributed by atoms with E-state index in [2.05, 4.69) is 207 Å². The second-order valence-corrected chi connectivity index (χ2v) is 14.5. The molecule has 2 aliphatic carbocycles. The molecule has 8 aromatic carbocycles. The van der Waals surface area contributed by atoms with Crippen molar-refractivity contribution in [2.45, 2.75) is 24.7 Å². The largest absolute Gasteiger partial charge is 0.310 e. The van der Waals surface area contributed by atoms with Crippen LogP contribution in [0, 0.1) is 0 Å². The highest BCUT2D eigenvalue weighted by Crippen LogP contribution is 2.59. The van der Waals surface area contributed by atoms with Gasteiger partial charge in [0, 0.05) is 22.4 Å². The molecule has 0 spiro atoms. The molecule has 0 saturated carbocycles. The Morgan fingerprint density at radius 3 is 1.67 bits per heavy atom. The van der Waals surface area contributed by atoms with Gasteiger partial charge in [-0.2, -0.15) is 0 Å². The molecule has 242 valence electrons. The van der Waals surface area contributed by atoms with Gasteiger partial charge in [-0.3, -0.25) is 0 Å². The lowest BCUT2D eigenvalue weighted by Crippen LogP contribution is -2.28. The molecule has 51 heavy (non-hydrogen) atoms. The number of anilines is 3. The van der Waals surface area contributed by atoms with E-state index in [1.54, 1.807) is 0 Å². The predicted molar refractivity (Wildman–Crippen MR) is 213 cm³/mol. The summed E-state index contributed by atoms with van der Waals surface area (Å²) in [7, 11) is 0. The lowest BCUT2D eigenvalue weighted by Gasteiger charge is -2.35. The first-order chi connectivity index (χ1) is 25.1. The highest BCUT2D eigenvalue weighted by Gasteiger charge is 2.46. The molecule has 1 nitrogen and oxygen atoms in total. The number of hydrogen-bond donors (Lipinski definition) is 0. The first-order valence-corrected chi connectivity index (χ1v) is 18.0. The van der Waals surface area contributed by atoms with Crippen LogP contribution in [0.4, 0.5) is 17.1 Å². The molecule has 0 radical (unpaired) electrons. The van der Waals surface area contributed by atoms with E-state index < -0.39 is 5.41 Å². The average Bonchev–Trinajstić information content (AvgIpc) is 3.62. The van der Waals surface area contributed by atoms with Crippen molar-refractivity contribution in [1.82, 2.24) is 0 Å². The van der Waals surface area contributed by atoms with E-state index in [0.29, 0.717) is 0 Å². The summed E-state index contributed by atoms with van der Waals surface area (Å²) in [6.45, 7) is 4.78. The van der Waals surface area contributed by atoms with Crippen LogP contribution in [0.5, 0.6) is 0 Å². The van der Waals surface area contributed by atoms with Gasteiger partial charge in [0.1, 0.15) is 0 Å². The quantitative estimate of drug-likeness (QED) is 0.179. The van der Waals surface area contributed by atoms with Gasteiger partial charge in [0.15, 0.2) is 0 Å². The lowest BCUT2D eigenvalue weighted by molar-refractivity contribution is 0.666. The normalized spacial score (nSPS) is 14.4. The second-order valence-electron chi connectivity index (χ2n) is 14.5. The minimum absolute atomic E-state index is 0.154. The van der Waals surface area contributed by atoms with Crippen molar-refractivity contribution in [1.29, 1.82) is 0 Å². The van der Waals surface area contributed by atoms with Crippen LogP contribution >= 0.6 is 0 Å². The molecular weight excluding hydrogens is 615 g/mol. The number of hydrogen-bond acceptors (Lipinski definition) is 1. The third-order valence-corrected chi connectivity index (χ3v) is 11.5. The van der Waals surface area contributed by atoms with Crippen LogP contribution in [0.15, 0.2) is 188 Å². The minimum Gasteiger partial charge on any atom is -0.310 e. The van der Waals surface area contributed by atoms with Gasteiger partial charge in [-0.25, -0.2) is 0 Å². The van der Waals surface area contributed by atoms with Crippen molar-refractivity contribution in [2.24, 2.45) is 0 Å². The van der Waals surface area contributed by atoms with Crippen molar-refractivity contribution in [3.05, 3.63) is 221 Å². The molecule has 0 aromatic heterocycles. The molecule has 0 bridgehead atoms. The van der Waals surface area contributed by atoms with E-state index in [4.69, 9.17) is 0 Å². The van der Waals surface area contributed by atoms with Crippen LogP contribution in [0.3, 0.4) is 0 Å². The maximum Gasteiger partial charge on any atom is 0.0714 e. The Morgan fingerprint density at radius 1 is 0.412 bits per heavy atom. The number of nitrogens with zero attached hydrogens (tertiary/aromatic N) is 1. The van der Waals surface area contributed by atoms with E-state index in [1.807, 2.05) is 0 Å². The molecule has 0 N–H and O–H groups in total. The van der Waals surface area contributed by atoms with Crippen LogP contribution in [-0.4, -0.2) is 0 Å². The Morgan fingerprint density at radius 2 is 0.961 bits per heavy atom. The van der Waals surface area contributed by atoms with Gasteiger partial charge >= 0.3 is 0 Å². The molecule has 8 aromatic rings. The zero-order valence-corrected chi connectivity index (χ0v) is 28.8.